The summed E-state index contributed by atoms with van der Waals surface area (Å²) in [5, 5.41) is 9.97. The molecule has 0 saturated carbocycles. The quantitative estimate of drug-likeness (QED) is 0.841. The Morgan fingerprint density at radius 3 is 2.64 bits per heavy atom. The van der Waals surface area contributed by atoms with Gasteiger partial charge in [0.1, 0.15) is 5.75 Å². The van der Waals surface area contributed by atoms with E-state index in [1.165, 1.54) is 0 Å². The molecule has 1 heterocycles. The van der Waals surface area contributed by atoms with Gasteiger partial charge < -0.3 is 9.64 Å². The molecule has 0 aliphatic carbocycles. The number of hydrogen-bond acceptors (Lipinski definition) is 4. The number of anilines is 1. The lowest BCUT2D eigenvalue weighted by Gasteiger charge is -2.22. The van der Waals surface area contributed by atoms with E-state index in [1.54, 1.807) is 0 Å². The van der Waals surface area contributed by atoms with E-state index in [-0.39, 0.29) is 6.10 Å². The predicted octanol–water partition coefficient (Wildman–Crippen LogP) is 3.85. The molecule has 0 fully saturated rings. The minimum absolute atomic E-state index is 0.136. The van der Waals surface area contributed by atoms with E-state index in [0.717, 1.165) is 33.6 Å². The smallest absolute Gasteiger partial charge is 0.120 e. The standard InChI is InChI=1S/C18H23N3O/c1-12(2)22-14-8-9-17-16(11-14)18(21(4)5)15(7-6-10-19)13(3)20-17/h8-9,11-12H,6-7H2,1-5H3. The zero-order valence-electron chi connectivity index (χ0n) is 14.0. The topological polar surface area (TPSA) is 49.1 Å². The van der Waals surface area contributed by atoms with Crippen molar-refractivity contribution in [3.05, 3.63) is 29.5 Å². The van der Waals surface area contributed by atoms with Crippen LogP contribution < -0.4 is 9.64 Å². The molecule has 0 saturated heterocycles. The summed E-state index contributed by atoms with van der Waals surface area (Å²) in [5.41, 5.74) is 4.22. The number of ether oxygens (including phenoxy) is 1. The molecule has 0 unspecified atom stereocenters. The summed E-state index contributed by atoms with van der Waals surface area (Å²) in [6, 6.07) is 8.24. The van der Waals surface area contributed by atoms with Gasteiger partial charge in [0.05, 0.1) is 23.4 Å². The Labute approximate surface area is 132 Å². The number of rotatable bonds is 5. The van der Waals surface area contributed by atoms with Crippen molar-refractivity contribution in [3.8, 4) is 11.8 Å². The Kier molecular flexibility index (Phi) is 4.87. The first-order valence-electron chi connectivity index (χ1n) is 7.58. The molecule has 2 rings (SSSR count). The minimum Gasteiger partial charge on any atom is -0.491 e. The maximum Gasteiger partial charge on any atom is 0.120 e. The second-order valence-corrected chi connectivity index (χ2v) is 5.92. The highest BCUT2D eigenvalue weighted by Crippen LogP contribution is 2.33. The molecule has 116 valence electrons. The van der Waals surface area contributed by atoms with Crippen molar-refractivity contribution in [2.45, 2.75) is 39.7 Å². The lowest BCUT2D eigenvalue weighted by atomic mass is 10.0. The summed E-state index contributed by atoms with van der Waals surface area (Å²) in [5.74, 6) is 0.850. The molecule has 4 heteroatoms. The van der Waals surface area contributed by atoms with Crippen LogP contribution in [0, 0.1) is 18.3 Å². The number of benzene rings is 1. The normalized spacial score (nSPS) is 10.8. The van der Waals surface area contributed by atoms with Crippen molar-refractivity contribution in [3.63, 3.8) is 0 Å². The summed E-state index contributed by atoms with van der Waals surface area (Å²) in [7, 11) is 4.06. The van der Waals surface area contributed by atoms with Crippen LogP contribution >= 0.6 is 0 Å². The molecule has 22 heavy (non-hydrogen) atoms. The average molecular weight is 297 g/mol. The molecular formula is C18H23N3O. The Morgan fingerprint density at radius 2 is 2.05 bits per heavy atom. The van der Waals surface area contributed by atoms with Crippen molar-refractivity contribution in [1.29, 1.82) is 5.26 Å². The lowest BCUT2D eigenvalue weighted by molar-refractivity contribution is 0.243. The van der Waals surface area contributed by atoms with Gasteiger partial charge in [0.25, 0.3) is 0 Å². The molecule has 1 aromatic carbocycles. The van der Waals surface area contributed by atoms with Crippen LogP contribution in [-0.4, -0.2) is 25.2 Å². The monoisotopic (exact) mass is 297 g/mol. The Morgan fingerprint density at radius 1 is 1.32 bits per heavy atom. The van der Waals surface area contributed by atoms with Gasteiger partial charge in [-0.2, -0.15) is 5.26 Å². The molecule has 0 radical (unpaired) electrons. The first-order valence-corrected chi connectivity index (χ1v) is 7.58. The summed E-state index contributed by atoms with van der Waals surface area (Å²) in [6.07, 6.45) is 1.35. The first-order chi connectivity index (χ1) is 10.4. The number of hydrogen-bond donors (Lipinski definition) is 0. The van der Waals surface area contributed by atoms with Crippen LogP contribution in [-0.2, 0) is 6.42 Å². The lowest BCUT2D eigenvalue weighted by Crippen LogP contribution is -2.14. The van der Waals surface area contributed by atoms with E-state index in [9.17, 15) is 0 Å². The molecule has 2 aromatic rings. The molecule has 0 bridgehead atoms. The van der Waals surface area contributed by atoms with Crippen molar-refractivity contribution in [2.24, 2.45) is 0 Å². The van der Waals surface area contributed by atoms with E-state index in [1.807, 2.05) is 53.1 Å². The van der Waals surface area contributed by atoms with Crippen molar-refractivity contribution >= 4 is 16.6 Å². The summed E-state index contributed by atoms with van der Waals surface area (Å²) in [6.45, 7) is 6.04. The molecule has 0 spiro atoms. The van der Waals surface area contributed by atoms with Gasteiger partial charge >= 0.3 is 0 Å². The Balaban J connectivity index is 2.66. The van der Waals surface area contributed by atoms with Crippen molar-refractivity contribution in [2.75, 3.05) is 19.0 Å². The third kappa shape index (κ3) is 3.30. The number of nitrogens with zero attached hydrogens (tertiary/aromatic N) is 3. The zero-order valence-corrected chi connectivity index (χ0v) is 14.0. The van der Waals surface area contributed by atoms with Crippen LogP contribution in [0.3, 0.4) is 0 Å². The highest BCUT2D eigenvalue weighted by atomic mass is 16.5. The van der Waals surface area contributed by atoms with E-state index in [2.05, 4.69) is 11.0 Å². The fourth-order valence-electron chi connectivity index (χ4n) is 2.72. The number of nitriles is 1. The van der Waals surface area contributed by atoms with Crippen molar-refractivity contribution in [1.82, 2.24) is 4.98 Å². The van der Waals surface area contributed by atoms with Gasteiger partial charge in [-0.3, -0.25) is 4.98 Å². The summed E-state index contributed by atoms with van der Waals surface area (Å²) in [4.78, 5) is 6.80. The maximum atomic E-state index is 8.90. The van der Waals surface area contributed by atoms with E-state index in [4.69, 9.17) is 15.0 Å². The van der Waals surface area contributed by atoms with Crippen LogP contribution in [0.1, 0.15) is 31.5 Å². The van der Waals surface area contributed by atoms with Crippen LogP contribution in [0.4, 0.5) is 5.69 Å². The zero-order chi connectivity index (χ0) is 16.3. The van der Waals surface area contributed by atoms with Gasteiger partial charge in [-0.25, -0.2) is 0 Å². The number of pyridine rings is 1. The van der Waals surface area contributed by atoms with Crippen LogP contribution in [0.2, 0.25) is 0 Å². The van der Waals surface area contributed by atoms with Gasteiger partial charge in [-0.05, 0) is 51.0 Å². The SMILES string of the molecule is Cc1nc2ccc(OC(C)C)cc2c(N(C)C)c1CCC#N. The summed E-state index contributed by atoms with van der Waals surface area (Å²) >= 11 is 0. The van der Waals surface area contributed by atoms with Crippen LogP contribution in [0.5, 0.6) is 5.75 Å². The molecule has 1 aromatic heterocycles. The second kappa shape index (κ2) is 6.65. The Hall–Kier alpha value is -2.28. The third-order valence-electron chi connectivity index (χ3n) is 3.54. The number of aryl methyl sites for hydroxylation is 1. The van der Waals surface area contributed by atoms with E-state index in [0.29, 0.717) is 12.8 Å². The first kappa shape index (κ1) is 16.1. The number of fused-ring (bicyclic) bond motifs is 1. The largest absolute Gasteiger partial charge is 0.491 e. The molecular weight excluding hydrogens is 274 g/mol. The molecule has 0 amide bonds. The number of aromatic nitrogens is 1. The van der Waals surface area contributed by atoms with Gasteiger partial charge in [0.15, 0.2) is 0 Å². The molecule has 0 aliphatic rings. The van der Waals surface area contributed by atoms with E-state index < -0.39 is 0 Å². The molecule has 0 N–H and O–H groups in total. The minimum atomic E-state index is 0.136. The fourth-order valence-corrected chi connectivity index (χ4v) is 2.72. The molecule has 4 nitrogen and oxygen atoms in total. The average Bonchev–Trinajstić information content (AvgIpc) is 2.44. The second-order valence-electron chi connectivity index (χ2n) is 5.92. The Bertz CT molecular complexity index is 714. The third-order valence-corrected chi connectivity index (χ3v) is 3.54. The van der Waals surface area contributed by atoms with Gasteiger partial charge in [-0.1, -0.05) is 0 Å². The highest BCUT2D eigenvalue weighted by molar-refractivity contribution is 5.94. The van der Waals surface area contributed by atoms with Gasteiger partial charge in [0.2, 0.25) is 0 Å². The summed E-state index contributed by atoms with van der Waals surface area (Å²) < 4.78 is 5.81. The fraction of sp³-hybridized carbons (Fsp3) is 0.444. The van der Waals surface area contributed by atoms with Crippen LogP contribution in [0.15, 0.2) is 18.2 Å². The maximum absolute atomic E-state index is 8.90. The molecule has 0 aliphatic heterocycles. The predicted molar refractivity (Wildman–Crippen MR) is 90.5 cm³/mol. The van der Waals surface area contributed by atoms with Crippen LogP contribution in [0.25, 0.3) is 10.9 Å². The molecule has 0 atom stereocenters. The highest BCUT2D eigenvalue weighted by Gasteiger charge is 2.15. The van der Waals surface area contributed by atoms with E-state index >= 15 is 0 Å². The van der Waals surface area contributed by atoms with Gasteiger partial charge in [0, 0.05) is 31.6 Å². The van der Waals surface area contributed by atoms with Crippen molar-refractivity contribution < 1.29 is 4.74 Å². The van der Waals surface area contributed by atoms with Gasteiger partial charge in [-0.15, -0.1) is 0 Å².